The van der Waals surface area contributed by atoms with Crippen molar-refractivity contribution >= 4 is 17.5 Å². The molecule has 0 spiro atoms. The second-order valence-electron chi connectivity index (χ2n) is 6.93. The quantitative estimate of drug-likeness (QED) is 0.664. The summed E-state index contributed by atoms with van der Waals surface area (Å²) in [6.45, 7) is 2.48. The molecule has 6 heteroatoms. The van der Waals surface area contributed by atoms with E-state index in [1.54, 1.807) is 6.07 Å². The van der Waals surface area contributed by atoms with E-state index in [4.69, 9.17) is 16.1 Å². The van der Waals surface area contributed by atoms with Crippen LogP contribution in [0.5, 0.6) is 0 Å². The topological polar surface area (TPSA) is 58.4 Å². The Kier molecular flexibility index (Phi) is 5.74. The minimum Gasteiger partial charge on any atom is -0.355 e. The van der Waals surface area contributed by atoms with Gasteiger partial charge in [0, 0.05) is 23.2 Å². The number of rotatable bonds is 6. The lowest BCUT2D eigenvalue weighted by molar-refractivity contribution is 0.0929. The first kappa shape index (κ1) is 18.7. The number of aromatic nitrogens is 1. The Hall–Kier alpha value is -2.63. The Bertz CT molecular complexity index is 936. The van der Waals surface area contributed by atoms with Crippen LogP contribution in [0.2, 0.25) is 5.02 Å². The van der Waals surface area contributed by atoms with Gasteiger partial charge in [-0.2, -0.15) is 0 Å². The summed E-state index contributed by atoms with van der Waals surface area (Å²) in [7, 11) is 0. The van der Waals surface area contributed by atoms with Gasteiger partial charge in [0.2, 0.25) is 0 Å². The van der Waals surface area contributed by atoms with Crippen LogP contribution in [0, 0.1) is 0 Å². The molecule has 2 heterocycles. The van der Waals surface area contributed by atoms with Gasteiger partial charge in [-0.1, -0.05) is 65.3 Å². The lowest BCUT2D eigenvalue weighted by atomic mass is 10.1. The number of halogens is 1. The molecule has 1 N–H and O–H groups in total. The fourth-order valence-corrected chi connectivity index (χ4v) is 3.90. The van der Waals surface area contributed by atoms with Gasteiger partial charge >= 0.3 is 0 Å². The minimum atomic E-state index is -0.248. The fraction of sp³-hybridized carbons (Fsp3) is 0.273. The number of hydrogen-bond donors (Lipinski definition) is 1. The summed E-state index contributed by atoms with van der Waals surface area (Å²) in [6.07, 6.45) is 2.33. The number of carbonyl (C=O) groups excluding carboxylic acids is 1. The fourth-order valence-electron chi connectivity index (χ4n) is 3.63. The van der Waals surface area contributed by atoms with E-state index in [1.807, 2.05) is 54.6 Å². The van der Waals surface area contributed by atoms with Crippen molar-refractivity contribution < 1.29 is 9.32 Å². The standard InChI is InChI=1S/C22H22ClN3O2/c23-18-11-5-4-10-17(18)20(26-12-6-7-13-26)15-24-22(27)19-14-21(28-25-19)16-8-2-1-3-9-16/h1-5,8-11,14,20H,6-7,12-13,15H2,(H,24,27)/t20-/m1/s1. The lowest BCUT2D eigenvalue weighted by Gasteiger charge is -2.28. The van der Waals surface area contributed by atoms with Crippen molar-refractivity contribution in [1.82, 2.24) is 15.4 Å². The number of nitrogens with one attached hydrogen (secondary N) is 1. The van der Waals surface area contributed by atoms with Gasteiger partial charge in [-0.25, -0.2) is 0 Å². The largest absolute Gasteiger partial charge is 0.355 e. The predicted molar refractivity (Wildman–Crippen MR) is 109 cm³/mol. The Morgan fingerprint density at radius 2 is 1.82 bits per heavy atom. The molecule has 0 bridgehead atoms. The monoisotopic (exact) mass is 395 g/mol. The molecule has 1 aliphatic rings. The average Bonchev–Trinajstić information content (AvgIpc) is 3.42. The van der Waals surface area contributed by atoms with Gasteiger partial charge < -0.3 is 9.84 Å². The first-order chi connectivity index (χ1) is 13.7. The van der Waals surface area contributed by atoms with E-state index in [2.05, 4.69) is 15.4 Å². The molecule has 0 aliphatic carbocycles. The van der Waals surface area contributed by atoms with Crippen molar-refractivity contribution in [1.29, 1.82) is 0 Å². The SMILES string of the molecule is O=C(NC[C@H](c1ccccc1Cl)N1CCCC1)c1cc(-c2ccccc2)on1. The third-order valence-electron chi connectivity index (χ3n) is 5.10. The van der Waals surface area contributed by atoms with E-state index in [0.717, 1.165) is 29.2 Å². The summed E-state index contributed by atoms with van der Waals surface area (Å²) in [5.74, 6) is 0.329. The van der Waals surface area contributed by atoms with E-state index in [9.17, 15) is 4.79 Å². The summed E-state index contributed by atoms with van der Waals surface area (Å²) in [5.41, 5.74) is 2.20. The average molecular weight is 396 g/mol. The number of nitrogens with zero attached hydrogens (tertiary/aromatic N) is 2. The second-order valence-corrected chi connectivity index (χ2v) is 7.34. The molecule has 0 unspecified atom stereocenters. The maximum absolute atomic E-state index is 12.6. The van der Waals surface area contributed by atoms with Gasteiger partial charge in [-0.3, -0.25) is 9.69 Å². The van der Waals surface area contributed by atoms with Crippen molar-refractivity contribution in [2.45, 2.75) is 18.9 Å². The molecule has 28 heavy (non-hydrogen) atoms. The molecule has 1 atom stereocenters. The summed E-state index contributed by atoms with van der Waals surface area (Å²) in [6, 6.07) is 19.1. The third-order valence-corrected chi connectivity index (χ3v) is 5.45. The Morgan fingerprint density at radius 3 is 2.57 bits per heavy atom. The van der Waals surface area contributed by atoms with Gasteiger partial charge in [-0.15, -0.1) is 0 Å². The Morgan fingerprint density at radius 1 is 1.11 bits per heavy atom. The maximum atomic E-state index is 12.6. The molecule has 1 saturated heterocycles. The number of carbonyl (C=O) groups is 1. The molecule has 1 aliphatic heterocycles. The van der Waals surface area contributed by atoms with Crippen molar-refractivity contribution in [2.24, 2.45) is 0 Å². The highest BCUT2D eigenvalue weighted by atomic mass is 35.5. The zero-order valence-electron chi connectivity index (χ0n) is 15.5. The van der Waals surface area contributed by atoms with Gasteiger partial charge in [0.15, 0.2) is 11.5 Å². The highest BCUT2D eigenvalue weighted by Crippen LogP contribution is 2.30. The van der Waals surface area contributed by atoms with E-state index >= 15 is 0 Å². The molecule has 1 amide bonds. The number of hydrogen-bond acceptors (Lipinski definition) is 4. The zero-order chi connectivity index (χ0) is 19.3. The van der Waals surface area contributed by atoms with Gasteiger partial charge in [-0.05, 0) is 37.6 Å². The van der Waals surface area contributed by atoms with Gasteiger partial charge in [0.1, 0.15) is 0 Å². The summed E-state index contributed by atoms with van der Waals surface area (Å²) < 4.78 is 5.34. The van der Waals surface area contributed by atoms with Crippen LogP contribution < -0.4 is 5.32 Å². The van der Waals surface area contributed by atoms with Crippen molar-refractivity contribution in [3.8, 4) is 11.3 Å². The number of likely N-dealkylation sites (tertiary alicyclic amines) is 1. The van der Waals surface area contributed by atoms with E-state index < -0.39 is 0 Å². The number of amides is 1. The van der Waals surface area contributed by atoms with Crippen LogP contribution in [0.1, 0.15) is 34.9 Å². The Balaban J connectivity index is 1.47. The normalized spacial score (nSPS) is 15.5. The zero-order valence-corrected chi connectivity index (χ0v) is 16.2. The molecule has 1 fully saturated rings. The first-order valence-electron chi connectivity index (χ1n) is 9.51. The van der Waals surface area contributed by atoms with Gasteiger partial charge in [0.25, 0.3) is 5.91 Å². The summed E-state index contributed by atoms with van der Waals surface area (Å²) in [4.78, 5) is 15.0. The van der Waals surface area contributed by atoms with Crippen LogP contribution in [0.3, 0.4) is 0 Å². The highest BCUT2D eigenvalue weighted by molar-refractivity contribution is 6.31. The Labute approximate surface area is 169 Å². The molecule has 4 rings (SSSR count). The molecule has 144 valence electrons. The summed E-state index contributed by atoms with van der Waals surface area (Å²) in [5, 5.41) is 7.66. The molecule has 0 radical (unpaired) electrons. The smallest absolute Gasteiger partial charge is 0.273 e. The molecule has 3 aromatic rings. The molecule has 0 saturated carbocycles. The lowest BCUT2D eigenvalue weighted by Crippen LogP contribution is -2.37. The van der Waals surface area contributed by atoms with E-state index in [1.165, 1.54) is 12.8 Å². The van der Waals surface area contributed by atoms with E-state index in [-0.39, 0.29) is 17.6 Å². The molecule has 5 nitrogen and oxygen atoms in total. The summed E-state index contributed by atoms with van der Waals surface area (Å²) >= 11 is 6.43. The van der Waals surface area contributed by atoms with E-state index in [0.29, 0.717) is 12.3 Å². The number of benzene rings is 2. The second kappa shape index (κ2) is 8.59. The van der Waals surface area contributed by atoms with Crippen LogP contribution in [0.4, 0.5) is 0 Å². The van der Waals surface area contributed by atoms with Crippen molar-refractivity contribution in [3.63, 3.8) is 0 Å². The highest BCUT2D eigenvalue weighted by Gasteiger charge is 2.26. The van der Waals surface area contributed by atoms with Crippen LogP contribution in [-0.4, -0.2) is 35.6 Å². The molecular formula is C22H22ClN3O2. The first-order valence-corrected chi connectivity index (χ1v) is 9.89. The molecule has 1 aromatic heterocycles. The van der Waals surface area contributed by atoms with Crippen molar-refractivity contribution in [2.75, 3.05) is 19.6 Å². The molecule has 2 aromatic carbocycles. The van der Waals surface area contributed by atoms with Gasteiger partial charge in [0.05, 0.1) is 6.04 Å². The van der Waals surface area contributed by atoms with Crippen molar-refractivity contribution in [3.05, 3.63) is 76.9 Å². The van der Waals surface area contributed by atoms with Crippen LogP contribution in [0.15, 0.2) is 65.2 Å². The maximum Gasteiger partial charge on any atom is 0.273 e. The third kappa shape index (κ3) is 4.11. The van der Waals surface area contributed by atoms with Crippen LogP contribution in [-0.2, 0) is 0 Å². The predicted octanol–water partition coefficient (Wildman–Crippen LogP) is 4.56. The molecular weight excluding hydrogens is 374 g/mol. The van der Waals surface area contributed by atoms with Crippen LogP contribution >= 0.6 is 11.6 Å². The minimum absolute atomic E-state index is 0.0423. The van der Waals surface area contributed by atoms with Crippen LogP contribution in [0.25, 0.3) is 11.3 Å².